The largest absolute Gasteiger partial charge is 0.369 e. The minimum Gasteiger partial charge on any atom is -0.369 e. The molecule has 0 heterocycles. The van der Waals surface area contributed by atoms with Gasteiger partial charge in [-0.3, -0.25) is 4.79 Å². The van der Waals surface area contributed by atoms with Gasteiger partial charge in [0, 0.05) is 5.70 Å². The van der Waals surface area contributed by atoms with E-state index < -0.39 is 0 Å². The van der Waals surface area contributed by atoms with E-state index in [1.165, 1.54) is 0 Å². The second kappa shape index (κ2) is 4.91. The first kappa shape index (κ1) is 10.2. The van der Waals surface area contributed by atoms with Gasteiger partial charge in [0.1, 0.15) is 6.61 Å². The molecule has 0 fully saturated rings. The number of hydrogen-bond donors (Lipinski definition) is 1. The van der Waals surface area contributed by atoms with Crippen LogP contribution in [0.3, 0.4) is 0 Å². The molecule has 0 unspecified atom stereocenters. The van der Waals surface area contributed by atoms with Crippen LogP contribution in [0.5, 0.6) is 0 Å². The zero-order valence-electron chi connectivity index (χ0n) is 7.31. The third-order valence-electron chi connectivity index (χ3n) is 0.901. The molecular formula is C8H15NO2. The summed E-state index contributed by atoms with van der Waals surface area (Å²) in [4.78, 5) is 10.9. The zero-order chi connectivity index (χ0) is 8.85. The maximum absolute atomic E-state index is 10.9. The predicted octanol–water partition coefficient (Wildman–Crippen LogP) is 1.06. The Morgan fingerprint density at radius 3 is 2.55 bits per heavy atom. The van der Waals surface area contributed by atoms with Crippen molar-refractivity contribution in [2.45, 2.75) is 26.9 Å². The molecule has 3 heteroatoms. The number of amides is 1. The van der Waals surface area contributed by atoms with E-state index in [4.69, 9.17) is 4.74 Å². The monoisotopic (exact) mass is 157 g/mol. The maximum Gasteiger partial charge on any atom is 0.250 e. The lowest BCUT2D eigenvalue weighted by Gasteiger charge is -2.07. The number of nitrogens with one attached hydrogen (secondary N) is 1. The van der Waals surface area contributed by atoms with Gasteiger partial charge < -0.3 is 10.1 Å². The molecule has 11 heavy (non-hydrogen) atoms. The van der Waals surface area contributed by atoms with Gasteiger partial charge >= 0.3 is 0 Å². The lowest BCUT2D eigenvalue weighted by atomic mass is 10.5. The summed E-state index contributed by atoms with van der Waals surface area (Å²) in [6.07, 6.45) is 0.0888. The van der Waals surface area contributed by atoms with E-state index in [1.807, 2.05) is 13.8 Å². The van der Waals surface area contributed by atoms with Crippen molar-refractivity contribution < 1.29 is 9.53 Å². The molecule has 0 aromatic carbocycles. The molecule has 0 bridgehead atoms. The zero-order valence-corrected chi connectivity index (χ0v) is 7.31. The van der Waals surface area contributed by atoms with E-state index in [9.17, 15) is 4.79 Å². The van der Waals surface area contributed by atoms with Gasteiger partial charge in [-0.2, -0.15) is 0 Å². The van der Waals surface area contributed by atoms with Crippen LogP contribution in [-0.2, 0) is 9.53 Å². The fraction of sp³-hybridized carbons (Fsp3) is 0.625. The van der Waals surface area contributed by atoms with E-state index >= 15 is 0 Å². The lowest BCUT2D eigenvalue weighted by molar-refractivity contribution is -0.126. The van der Waals surface area contributed by atoms with Crippen LogP contribution in [0.25, 0.3) is 0 Å². The molecule has 64 valence electrons. The van der Waals surface area contributed by atoms with Crippen LogP contribution in [-0.4, -0.2) is 18.6 Å². The van der Waals surface area contributed by atoms with E-state index in [0.29, 0.717) is 5.70 Å². The Balaban J connectivity index is 3.46. The van der Waals surface area contributed by atoms with Crippen molar-refractivity contribution in [1.82, 2.24) is 5.32 Å². The molecule has 0 spiro atoms. The summed E-state index contributed by atoms with van der Waals surface area (Å²) < 4.78 is 5.05. The normalized spacial score (nSPS) is 9.82. The standard InChI is InChI=1S/C8H15NO2/c1-6(2)9-8(10)5-11-7(3)4/h7H,1,5H2,2-4H3,(H,9,10). The SMILES string of the molecule is C=C(C)NC(=O)COC(C)C. The van der Waals surface area contributed by atoms with E-state index in [1.54, 1.807) is 6.92 Å². The molecule has 0 aromatic rings. The summed E-state index contributed by atoms with van der Waals surface area (Å²) >= 11 is 0. The van der Waals surface area contributed by atoms with Crippen LogP contribution in [0.15, 0.2) is 12.3 Å². The highest BCUT2D eigenvalue weighted by atomic mass is 16.5. The number of rotatable bonds is 4. The molecule has 0 aliphatic carbocycles. The molecule has 0 rings (SSSR count). The predicted molar refractivity (Wildman–Crippen MR) is 44.0 cm³/mol. The average molecular weight is 157 g/mol. The topological polar surface area (TPSA) is 38.3 Å². The third-order valence-corrected chi connectivity index (χ3v) is 0.901. The van der Waals surface area contributed by atoms with Crippen LogP contribution in [0.2, 0.25) is 0 Å². The van der Waals surface area contributed by atoms with Crippen LogP contribution in [0, 0.1) is 0 Å². The summed E-state index contributed by atoms with van der Waals surface area (Å²) in [5, 5.41) is 2.54. The summed E-state index contributed by atoms with van der Waals surface area (Å²) in [6, 6.07) is 0. The fourth-order valence-electron chi connectivity index (χ4n) is 0.516. The number of carbonyl (C=O) groups excluding carboxylic acids is 1. The minimum absolute atomic E-state index is 0.0888. The highest BCUT2D eigenvalue weighted by Gasteiger charge is 2.01. The third kappa shape index (κ3) is 7.06. The molecular weight excluding hydrogens is 142 g/mol. The minimum atomic E-state index is -0.147. The Kier molecular flexibility index (Phi) is 4.54. The van der Waals surface area contributed by atoms with Gasteiger partial charge in [-0.05, 0) is 20.8 Å². The van der Waals surface area contributed by atoms with E-state index in [-0.39, 0.29) is 18.6 Å². The van der Waals surface area contributed by atoms with Crippen molar-refractivity contribution in [2.24, 2.45) is 0 Å². The molecule has 3 nitrogen and oxygen atoms in total. The van der Waals surface area contributed by atoms with Gasteiger partial charge in [0.05, 0.1) is 6.10 Å². The van der Waals surface area contributed by atoms with Crippen molar-refractivity contribution in [1.29, 1.82) is 0 Å². The van der Waals surface area contributed by atoms with Gasteiger partial charge in [-0.15, -0.1) is 0 Å². The molecule has 1 N–H and O–H groups in total. The Labute approximate surface area is 67.4 Å². The first-order valence-corrected chi connectivity index (χ1v) is 3.59. The number of carbonyl (C=O) groups is 1. The molecule has 0 atom stereocenters. The molecule has 0 radical (unpaired) electrons. The van der Waals surface area contributed by atoms with Gasteiger partial charge in [0.2, 0.25) is 5.91 Å². The average Bonchev–Trinajstić information content (AvgIpc) is 1.82. The van der Waals surface area contributed by atoms with E-state index in [0.717, 1.165) is 0 Å². The van der Waals surface area contributed by atoms with Crippen molar-refractivity contribution >= 4 is 5.91 Å². The first-order valence-electron chi connectivity index (χ1n) is 3.59. The first-order chi connectivity index (χ1) is 5.02. The van der Waals surface area contributed by atoms with Gasteiger partial charge in [0.15, 0.2) is 0 Å². The van der Waals surface area contributed by atoms with Crippen molar-refractivity contribution in [3.63, 3.8) is 0 Å². The van der Waals surface area contributed by atoms with Gasteiger partial charge in [-0.1, -0.05) is 6.58 Å². The highest BCUT2D eigenvalue weighted by Crippen LogP contribution is 1.87. The van der Waals surface area contributed by atoms with Crippen LogP contribution in [0.4, 0.5) is 0 Å². The molecule has 1 amide bonds. The summed E-state index contributed by atoms with van der Waals surface area (Å²) in [5.41, 5.74) is 0.641. The molecule has 0 aromatic heterocycles. The summed E-state index contributed by atoms with van der Waals surface area (Å²) in [5.74, 6) is -0.147. The van der Waals surface area contributed by atoms with E-state index in [2.05, 4.69) is 11.9 Å². The summed E-state index contributed by atoms with van der Waals surface area (Å²) in [7, 11) is 0. The molecule has 0 saturated carbocycles. The fourth-order valence-corrected chi connectivity index (χ4v) is 0.516. The molecule has 0 saturated heterocycles. The Hall–Kier alpha value is -0.830. The molecule has 0 aliphatic heterocycles. The molecule has 0 aliphatic rings. The maximum atomic E-state index is 10.9. The van der Waals surface area contributed by atoms with Gasteiger partial charge in [-0.25, -0.2) is 0 Å². The smallest absolute Gasteiger partial charge is 0.250 e. The second-order valence-electron chi connectivity index (χ2n) is 2.69. The van der Waals surface area contributed by atoms with Gasteiger partial charge in [0.25, 0.3) is 0 Å². The Bertz CT molecular complexity index is 152. The van der Waals surface area contributed by atoms with Crippen LogP contribution < -0.4 is 5.32 Å². The van der Waals surface area contributed by atoms with Crippen molar-refractivity contribution in [2.75, 3.05) is 6.61 Å². The number of ether oxygens (including phenoxy) is 1. The lowest BCUT2D eigenvalue weighted by Crippen LogP contribution is -2.26. The number of hydrogen-bond acceptors (Lipinski definition) is 2. The van der Waals surface area contributed by atoms with Crippen LogP contribution in [0.1, 0.15) is 20.8 Å². The second-order valence-corrected chi connectivity index (χ2v) is 2.69. The Morgan fingerprint density at radius 2 is 2.18 bits per heavy atom. The van der Waals surface area contributed by atoms with Crippen molar-refractivity contribution in [3.05, 3.63) is 12.3 Å². The Morgan fingerprint density at radius 1 is 1.64 bits per heavy atom. The summed E-state index contributed by atoms with van der Waals surface area (Å²) in [6.45, 7) is 9.13. The van der Waals surface area contributed by atoms with Crippen LogP contribution >= 0.6 is 0 Å². The van der Waals surface area contributed by atoms with Crippen molar-refractivity contribution in [3.8, 4) is 0 Å². The number of allylic oxidation sites excluding steroid dienone is 1. The highest BCUT2D eigenvalue weighted by molar-refractivity contribution is 5.78. The quantitative estimate of drug-likeness (QED) is 0.662.